The van der Waals surface area contributed by atoms with Crippen LogP contribution in [-0.4, -0.2) is 57.2 Å². The molecule has 0 amide bonds. The summed E-state index contributed by atoms with van der Waals surface area (Å²) >= 11 is 12.8. The molecular weight excluding hydrogens is 477 g/mol. The maximum atomic E-state index is 13.4. The van der Waals surface area contributed by atoms with Crippen LogP contribution in [0.25, 0.3) is 16.6 Å². The maximum Gasteiger partial charge on any atom is 0.265 e. The van der Waals surface area contributed by atoms with Crippen LogP contribution in [0.1, 0.15) is 24.8 Å². The van der Waals surface area contributed by atoms with Crippen molar-refractivity contribution < 1.29 is 9.84 Å². The van der Waals surface area contributed by atoms with E-state index in [-0.39, 0.29) is 18.3 Å². The number of rotatable bonds is 6. The number of ether oxygens (including phenoxy) is 1. The number of aliphatic hydroxyl groups excluding tert-OH is 1. The molecule has 8 nitrogen and oxygen atoms in total. The number of hydrogen-bond acceptors (Lipinski definition) is 6. The molecule has 0 saturated carbocycles. The van der Waals surface area contributed by atoms with E-state index in [0.29, 0.717) is 60.2 Å². The zero-order valence-electron chi connectivity index (χ0n) is 18.5. The highest BCUT2D eigenvalue weighted by Gasteiger charge is 2.35. The summed E-state index contributed by atoms with van der Waals surface area (Å²) in [5.41, 5.74) is 1.64. The lowest BCUT2D eigenvalue weighted by atomic mass is 9.90. The molecule has 1 aromatic carbocycles. The van der Waals surface area contributed by atoms with Gasteiger partial charge in [-0.15, -0.1) is 0 Å². The first-order valence-corrected chi connectivity index (χ1v) is 11.9. The number of dihydropyridines is 1. The highest BCUT2D eigenvalue weighted by atomic mass is 35.5. The first kappa shape index (κ1) is 23.3. The largest absolute Gasteiger partial charge is 0.394 e. The smallest absolute Gasteiger partial charge is 0.265 e. The van der Waals surface area contributed by atoms with E-state index in [9.17, 15) is 9.90 Å². The van der Waals surface area contributed by atoms with E-state index in [4.69, 9.17) is 27.9 Å². The van der Waals surface area contributed by atoms with Gasteiger partial charge in [-0.05, 0) is 30.5 Å². The average Bonchev–Trinajstić information content (AvgIpc) is 3.26. The molecule has 2 N–H and O–H groups in total. The maximum absolute atomic E-state index is 13.4. The summed E-state index contributed by atoms with van der Waals surface area (Å²) in [6, 6.07) is 9.43. The first-order chi connectivity index (χ1) is 16.5. The Labute approximate surface area is 206 Å². The summed E-state index contributed by atoms with van der Waals surface area (Å²) in [6.45, 7) is 1.62. The molecule has 2 aromatic heterocycles. The fraction of sp³-hybridized carbons (Fsp3) is 0.375. The molecule has 0 radical (unpaired) electrons. The van der Waals surface area contributed by atoms with Crippen molar-refractivity contribution in [1.82, 2.24) is 19.7 Å². The molecule has 2 aliphatic rings. The van der Waals surface area contributed by atoms with E-state index >= 15 is 0 Å². The van der Waals surface area contributed by atoms with Crippen molar-refractivity contribution in [1.29, 1.82) is 0 Å². The van der Waals surface area contributed by atoms with Gasteiger partial charge in [0.15, 0.2) is 0 Å². The van der Waals surface area contributed by atoms with Crippen LogP contribution in [0, 0.1) is 0 Å². The standard InChI is InChI=1S/C24H25Cl2N5O3/c25-18-4-2-1-3-16(18)14-31-20-5-8-30(23(33)17(20)12-28-31)21-11-22(27-13-19(21)26)29-24(15-32)6-9-34-10-7-24/h1-5,8,12-13,22,29,32H,6-7,9-11,14-15H2. The molecule has 1 fully saturated rings. The molecule has 34 heavy (non-hydrogen) atoms. The molecule has 5 rings (SSSR count). The van der Waals surface area contributed by atoms with Crippen LogP contribution in [0.4, 0.5) is 0 Å². The molecule has 0 spiro atoms. The van der Waals surface area contributed by atoms with Crippen molar-refractivity contribution in [2.75, 3.05) is 19.8 Å². The molecule has 0 aliphatic carbocycles. The van der Waals surface area contributed by atoms with E-state index in [1.165, 1.54) is 0 Å². The minimum Gasteiger partial charge on any atom is -0.394 e. The Hall–Kier alpha value is -2.49. The van der Waals surface area contributed by atoms with Crippen molar-refractivity contribution in [2.45, 2.75) is 37.5 Å². The van der Waals surface area contributed by atoms with Crippen molar-refractivity contribution >= 4 is 46.0 Å². The van der Waals surface area contributed by atoms with Gasteiger partial charge in [0.25, 0.3) is 5.56 Å². The van der Waals surface area contributed by atoms with Crippen LogP contribution >= 0.6 is 23.2 Å². The third-order valence-electron chi connectivity index (χ3n) is 6.54. The average molecular weight is 502 g/mol. The van der Waals surface area contributed by atoms with Gasteiger partial charge in [-0.25, -0.2) is 0 Å². The number of allylic oxidation sites excluding steroid dienone is 1. The number of nitrogens with zero attached hydrogens (tertiary/aromatic N) is 4. The molecular formula is C24H25Cl2N5O3. The molecule has 178 valence electrons. The van der Waals surface area contributed by atoms with Gasteiger partial charge in [-0.2, -0.15) is 5.10 Å². The predicted octanol–water partition coefficient (Wildman–Crippen LogP) is 3.24. The normalized spacial score (nSPS) is 20.3. The fourth-order valence-electron chi connectivity index (χ4n) is 4.53. The first-order valence-electron chi connectivity index (χ1n) is 11.2. The van der Waals surface area contributed by atoms with Gasteiger partial charge in [-0.3, -0.25) is 24.4 Å². The van der Waals surface area contributed by atoms with Crippen molar-refractivity contribution in [2.24, 2.45) is 4.99 Å². The van der Waals surface area contributed by atoms with Crippen LogP contribution in [-0.2, 0) is 11.3 Å². The van der Waals surface area contributed by atoms with Gasteiger partial charge in [0.1, 0.15) is 6.17 Å². The number of nitrogens with one attached hydrogen (secondary N) is 1. The third kappa shape index (κ3) is 4.44. The van der Waals surface area contributed by atoms with Crippen LogP contribution < -0.4 is 10.9 Å². The number of halogens is 2. The quantitative estimate of drug-likeness (QED) is 0.540. The molecule has 4 heterocycles. The Morgan fingerprint density at radius 2 is 2.00 bits per heavy atom. The highest BCUT2D eigenvalue weighted by molar-refractivity contribution is 6.42. The number of benzene rings is 1. The second kappa shape index (κ2) is 9.64. The lowest BCUT2D eigenvalue weighted by Crippen LogP contribution is -2.56. The lowest BCUT2D eigenvalue weighted by Gasteiger charge is -2.39. The minimum atomic E-state index is -0.454. The van der Waals surface area contributed by atoms with Gasteiger partial charge in [-0.1, -0.05) is 41.4 Å². The zero-order valence-corrected chi connectivity index (χ0v) is 20.0. The Morgan fingerprint density at radius 1 is 1.21 bits per heavy atom. The van der Waals surface area contributed by atoms with Gasteiger partial charge in [0.2, 0.25) is 0 Å². The summed E-state index contributed by atoms with van der Waals surface area (Å²) in [5.74, 6) is 0. The fourth-order valence-corrected chi connectivity index (χ4v) is 4.95. The van der Waals surface area contributed by atoms with Gasteiger partial charge >= 0.3 is 0 Å². The van der Waals surface area contributed by atoms with Crippen LogP contribution in [0.5, 0.6) is 0 Å². The molecule has 1 unspecified atom stereocenters. The molecule has 1 saturated heterocycles. The predicted molar refractivity (Wildman–Crippen MR) is 134 cm³/mol. The summed E-state index contributed by atoms with van der Waals surface area (Å²) in [4.78, 5) is 17.9. The molecule has 1 atom stereocenters. The zero-order chi connectivity index (χ0) is 23.7. The van der Waals surface area contributed by atoms with Crippen molar-refractivity contribution in [3.63, 3.8) is 0 Å². The van der Waals surface area contributed by atoms with Gasteiger partial charge in [0.05, 0.1) is 35.3 Å². The summed E-state index contributed by atoms with van der Waals surface area (Å²) in [7, 11) is 0. The Morgan fingerprint density at radius 3 is 2.76 bits per heavy atom. The molecule has 0 bridgehead atoms. The van der Waals surface area contributed by atoms with E-state index in [1.54, 1.807) is 27.9 Å². The number of aliphatic imine (C=N–C) groups is 1. The second-order valence-corrected chi connectivity index (χ2v) is 9.49. The number of fused-ring (bicyclic) bond motifs is 1. The van der Waals surface area contributed by atoms with E-state index in [0.717, 1.165) is 11.1 Å². The molecule has 10 heteroatoms. The SMILES string of the molecule is O=c1c2cnn(Cc3ccccc3Cl)c2ccn1C1=C(Cl)C=NC(NC2(CO)CCOCC2)C1. The number of hydrogen-bond donors (Lipinski definition) is 2. The third-order valence-corrected chi connectivity index (χ3v) is 7.22. The van der Waals surface area contributed by atoms with Crippen molar-refractivity contribution in [3.05, 3.63) is 68.7 Å². The number of aromatic nitrogens is 3. The van der Waals surface area contributed by atoms with Crippen LogP contribution in [0.15, 0.2) is 57.5 Å². The number of pyridine rings is 1. The van der Waals surface area contributed by atoms with Crippen LogP contribution in [0.3, 0.4) is 0 Å². The van der Waals surface area contributed by atoms with Crippen LogP contribution in [0.2, 0.25) is 5.02 Å². The molecule has 3 aromatic rings. The monoisotopic (exact) mass is 501 g/mol. The van der Waals surface area contributed by atoms with E-state index < -0.39 is 5.54 Å². The second-order valence-electron chi connectivity index (χ2n) is 8.67. The Bertz CT molecular complexity index is 1320. The Kier molecular flexibility index (Phi) is 6.59. The topological polar surface area (TPSA) is 93.7 Å². The Balaban J connectivity index is 1.42. The van der Waals surface area contributed by atoms with E-state index in [2.05, 4.69) is 15.4 Å². The van der Waals surface area contributed by atoms with Gasteiger partial charge in [0, 0.05) is 48.3 Å². The number of aliphatic hydroxyl groups is 1. The van der Waals surface area contributed by atoms with E-state index in [1.807, 2.05) is 30.3 Å². The van der Waals surface area contributed by atoms with Crippen molar-refractivity contribution in [3.8, 4) is 0 Å². The van der Waals surface area contributed by atoms with Gasteiger partial charge < -0.3 is 9.84 Å². The summed E-state index contributed by atoms with van der Waals surface area (Å²) < 4.78 is 8.77. The molecule has 2 aliphatic heterocycles. The summed E-state index contributed by atoms with van der Waals surface area (Å²) in [5, 5.41) is 19.5. The lowest BCUT2D eigenvalue weighted by molar-refractivity contribution is 0.00721. The minimum absolute atomic E-state index is 0.00825. The highest BCUT2D eigenvalue weighted by Crippen LogP contribution is 2.28. The summed E-state index contributed by atoms with van der Waals surface area (Å²) in [6.07, 6.45) is 6.36.